The van der Waals surface area contributed by atoms with E-state index in [1.165, 1.54) is 32.2 Å². The molecular formula is C22H33ClN2O2S. The van der Waals surface area contributed by atoms with Gasteiger partial charge in [0, 0.05) is 24.7 Å². The maximum absolute atomic E-state index is 13.3. The first-order valence-corrected chi connectivity index (χ1v) is 12.7. The lowest BCUT2D eigenvalue weighted by atomic mass is 9.92. The highest BCUT2D eigenvalue weighted by Crippen LogP contribution is 2.37. The molecule has 1 aromatic carbocycles. The Bertz CT molecular complexity index is 804. The number of nitrogens with zero attached hydrogens (tertiary/aromatic N) is 2. The first-order chi connectivity index (χ1) is 13.3. The van der Waals surface area contributed by atoms with Crippen LogP contribution in [0.5, 0.6) is 0 Å². The largest absolute Gasteiger partial charge is 0.303 e. The molecule has 1 aromatic rings. The van der Waals surface area contributed by atoms with Crippen molar-refractivity contribution in [3.05, 3.63) is 28.3 Å². The van der Waals surface area contributed by atoms with Crippen molar-refractivity contribution in [1.82, 2.24) is 9.21 Å². The van der Waals surface area contributed by atoms with Gasteiger partial charge in [-0.15, -0.1) is 0 Å². The lowest BCUT2D eigenvalue weighted by Crippen LogP contribution is -2.33. The first kappa shape index (κ1) is 20.6. The normalized spacial score (nSPS) is 27.8. The highest BCUT2D eigenvalue weighted by Gasteiger charge is 2.41. The molecule has 156 valence electrons. The van der Waals surface area contributed by atoms with E-state index in [9.17, 15) is 8.42 Å². The SMILES string of the molecule is Cc1cc(S(=O)(=O)N2C[C@H]3CCN(CC4CCCC4)CC[C@H]3C2)c(C)cc1Cl. The molecule has 2 saturated heterocycles. The van der Waals surface area contributed by atoms with E-state index in [2.05, 4.69) is 4.90 Å². The van der Waals surface area contributed by atoms with E-state index >= 15 is 0 Å². The molecule has 2 atom stereocenters. The van der Waals surface area contributed by atoms with E-state index in [-0.39, 0.29) is 0 Å². The molecule has 28 heavy (non-hydrogen) atoms. The molecule has 0 amide bonds. The number of likely N-dealkylation sites (tertiary alicyclic amines) is 1. The van der Waals surface area contributed by atoms with E-state index in [1.54, 1.807) is 16.4 Å². The molecule has 0 aromatic heterocycles. The second-order valence-electron chi connectivity index (χ2n) is 9.24. The zero-order valence-electron chi connectivity index (χ0n) is 17.2. The van der Waals surface area contributed by atoms with Gasteiger partial charge in [-0.1, -0.05) is 24.4 Å². The lowest BCUT2D eigenvalue weighted by Gasteiger charge is -2.25. The van der Waals surface area contributed by atoms with Crippen LogP contribution < -0.4 is 0 Å². The van der Waals surface area contributed by atoms with Crippen molar-refractivity contribution in [2.75, 3.05) is 32.7 Å². The quantitative estimate of drug-likeness (QED) is 0.715. The van der Waals surface area contributed by atoms with Crippen LogP contribution in [0.2, 0.25) is 5.02 Å². The maximum Gasteiger partial charge on any atom is 0.243 e. The Kier molecular flexibility index (Phi) is 6.08. The summed E-state index contributed by atoms with van der Waals surface area (Å²) in [5.41, 5.74) is 1.56. The van der Waals surface area contributed by atoms with Gasteiger partial charge in [-0.2, -0.15) is 4.31 Å². The minimum atomic E-state index is -3.45. The van der Waals surface area contributed by atoms with Gasteiger partial charge in [-0.3, -0.25) is 0 Å². The zero-order valence-corrected chi connectivity index (χ0v) is 18.7. The summed E-state index contributed by atoms with van der Waals surface area (Å²) in [6.45, 7) is 8.57. The predicted molar refractivity (Wildman–Crippen MR) is 114 cm³/mol. The Morgan fingerprint density at radius 3 is 2.18 bits per heavy atom. The molecule has 0 bridgehead atoms. The van der Waals surface area contributed by atoms with Crippen molar-refractivity contribution in [3.8, 4) is 0 Å². The average molecular weight is 425 g/mol. The molecule has 3 aliphatic rings. The fraction of sp³-hybridized carbons (Fsp3) is 0.727. The number of benzene rings is 1. The molecule has 2 heterocycles. The number of hydrogen-bond donors (Lipinski definition) is 0. The van der Waals surface area contributed by atoms with Gasteiger partial charge in [-0.05, 0) is 93.6 Å². The Morgan fingerprint density at radius 1 is 0.964 bits per heavy atom. The fourth-order valence-electron chi connectivity index (χ4n) is 5.47. The van der Waals surface area contributed by atoms with Crippen LogP contribution in [0.15, 0.2) is 17.0 Å². The van der Waals surface area contributed by atoms with Crippen LogP contribution in [0.4, 0.5) is 0 Å². The maximum atomic E-state index is 13.3. The van der Waals surface area contributed by atoms with Gasteiger partial charge in [0.1, 0.15) is 0 Å². The third kappa shape index (κ3) is 4.14. The molecule has 3 fully saturated rings. The number of fused-ring (bicyclic) bond motifs is 1. The van der Waals surface area contributed by atoms with Gasteiger partial charge in [0.2, 0.25) is 10.0 Å². The van der Waals surface area contributed by atoms with Crippen LogP contribution in [0, 0.1) is 31.6 Å². The van der Waals surface area contributed by atoms with Crippen molar-refractivity contribution in [2.45, 2.75) is 57.3 Å². The molecule has 1 aliphatic carbocycles. The van der Waals surface area contributed by atoms with E-state index in [0.29, 0.717) is 34.8 Å². The van der Waals surface area contributed by atoms with E-state index < -0.39 is 10.0 Å². The van der Waals surface area contributed by atoms with Crippen LogP contribution in [0.25, 0.3) is 0 Å². The highest BCUT2D eigenvalue weighted by atomic mass is 35.5. The minimum absolute atomic E-state index is 0.425. The molecule has 4 nitrogen and oxygen atoms in total. The third-order valence-corrected chi connectivity index (χ3v) is 9.62. The van der Waals surface area contributed by atoms with Crippen LogP contribution in [-0.4, -0.2) is 50.3 Å². The van der Waals surface area contributed by atoms with Gasteiger partial charge >= 0.3 is 0 Å². The summed E-state index contributed by atoms with van der Waals surface area (Å²) in [7, 11) is -3.45. The van der Waals surface area contributed by atoms with E-state index in [0.717, 1.165) is 43.0 Å². The Labute approximate surface area is 175 Å². The van der Waals surface area contributed by atoms with Crippen molar-refractivity contribution < 1.29 is 8.42 Å². The molecule has 4 rings (SSSR count). The molecule has 0 unspecified atom stereocenters. The summed E-state index contributed by atoms with van der Waals surface area (Å²) >= 11 is 6.17. The van der Waals surface area contributed by atoms with Gasteiger partial charge in [-0.25, -0.2) is 8.42 Å². The van der Waals surface area contributed by atoms with Gasteiger partial charge in [0.25, 0.3) is 0 Å². The topological polar surface area (TPSA) is 40.6 Å². The summed E-state index contributed by atoms with van der Waals surface area (Å²) in [5, 5.41) is 0.630. The third-order valence-electron chi connectivity index (χ3n) is 7.24. The van der Waals surface area contributed by atoms with Crippen LogP contribution in [-0.2, 0) is 10.0 Å². The monoisotopic (exact) mass is 424 g/mol. The van der Waals surface area contributed by atoms with Gasteiger partial charge in [0.05, 0.1) is 4.90 Å². The zero-order chi connectivity index (χ0) is 19.9. The van der Waals surface area contributed by atoms with Crippen LogP contribution >= 0.6 is 11.6 Å². The Hall–Kier alpha value is -0.620. The van der Waals surface area contributed by atoms with Gasteiger partial charge < -0.3 is 4.90 Å². The lowest BCUT2D eigenvalue weighted by molar-refractivity contribution is 0.232. The summed E-state index contributed by atoms with van der Waals surface area (Å²) < 4.78 is 28.4. The van der Waals surface area contributed by atoms with E-state index in [4.69, 9.17) is 11.6 Å². The van der Waals surface area contributed by atoms with Crippen molar-refractivity contribution in [1.29, 1.82) is 0 Å². The molecule has 0 N–H and O–H groups in total. The molecule has 0 spiro atoms. The summed E-state index contributed by atoms with van der Waals surface area (Å²) in [4.78, 5) is 3.08. The smallest absolute Gasteiger partial charge is 0.243 e. The number of halogens is 1. The van der Waals surface area contributed by atoms with Crippen molar-refractivity contribution in [3.63, 3.8) is 0 Å². The van der Waals surface area contributed by atoms with E-state index in [1.807, 2.05) is 13.8 Å². The fourth-order valence-corrected chi connectivity index (χ4v) is 7.53. The molecule has 0 radical (unpaired) electrons. The second-order valence-corrected chi connectivity index (χ2v) is 11.6. The van der Waals surface area contributed by atoms with Crippen molar-refractivity contribution >= 4 is 21.6 Å². The minimum Gasteiger partial charge on any atom is -0.303 e. The van der Waals surface area contributed by atoms with Crippen LogP contribution in [0.1, 0.15) is 49.7 Å². The summed E-state index contributed by atoms with van der Waals surface area (Å²) in [6, 6.07) is 3.52. The number of sulfonamides is 1. The first-order valence-electron chi connectivity index (χ1n) is 10.8. The number of aryl methyl sites for hydroxylation is 2. The molecular weight excluding hydrogens is 392 g/mol. The van der Waals surface area contributed by atoms with Gasteiger partial charge in [0.15, 0.2) is 0 Å². The predicted octanol–water partition coefficient (Wildman–Crippen LogP) is 4.48. The second kappa shape index (κ2) is 8.25. The summed E-state index contributed by atoms with van der Waals surface area (Å²) in [6.07, 6.45) is 7.86. The molecule has 2 aliphatic heterocycles. The standard InChI is InChI=1S/C22H33ClN2O2S/c1-16-12-22(17(2)11-21(16)23)28(26,27)25-14-19-7-9-24(10-8-20(19)15-25)13-18-5-3-4-6-18/h11-12,18-20H,3-10,13-15H2,1-2H3/t19-,20+. The van der Waals surface area contributed by atoms with Crippen LogP contribution in [0.3, 0.4) is 0 Å². The summed E-state index contributed by atoms with van der Waals surface area (Å²) in [5.74, 6) is 1.89. The average Bonchev–Trinajstić information content (AvgIpc) is 3.26. The highest BCUT2D eigenvalue weighted by molar-refractivity contribution is 7.89. The Morgan fingerprint density at radius 2 is 1.57 bits per heavy atom. The number of hydrogen-bond acceptors (Lipinski definition) is 3. The van der Waals surface area contributed by atoms with Crippen molar-refractivity contribution in [2.24, 2.45) is 17.8 Å². The number of rotatable bonds is 4. The Balaban J connectivity index is 1.42. The molecule has 6 heteroatoms. The molecule has 1 saturated carbocycles.